The number of hydrogen-bond acceptors (Lipinski definition) is 5. The Morgan fingerprint density at radius 2 is 1.78 bits per heavy atom. The number of carbonyl (C=O) groups excluding carboxylic acids is 2. The van der Waals surface area contributed by atoms with Gasteiger partial charge in [-0.15, -0.1) is 0 Å². The maximum Gasteiger partial charge on any atom is 0.270 e. The highest BCUT2D eigenvalue weighted by Gasteiger charge is 2.29. The summed E-state index contributed by atoms with van der Waals surface area (Å²) >= 11 is 0. The van der Waals surface area contributed by atoms with Crippen molar-refractivity contribution in [3.05, 3.63) is 58.9 Å². The molecule has 0 saturated carbocycles. The van der Waals surface area contributed by atoms with Crippen molar-refractivity contribution in [2.45, 2.75) is 26.3 Å². The van der Waals surface area contributed by atoms with Crippen molar-refractivity contribution in [1.29, 1.82) is 0 Å². The average Bonchev–Trinajstić information content (AvgIpc) is 2.92. The molecule has 27 heavy (non-hydrogen) atoms. The number of amides is 2. The van der Waals surface area contributed by atoms with Crippen molar-refractivity contribution in [2.75, 3.05) is 16.8 Å². The quantitative estimate of drug-likeness (QED) is 0.833. The first-order valence-electron chi connectivity index (χ1n) is 8.59. The third kappa shape index (κ3) is 4.91. The number of benzene rings is 1. The summed E-state index contributed by atoms with van der Waals surface area (Å²) in [5, 5.41) is 5.48. The van der Waals surface area contributed by atoms with Gasteiger partial charge < -0.3 is 10.6 Å². The molecule has 7 nitrogen and oxygen atoms in total. The Hall–Kier alpha value is -2.74. The maximum atomic E-state index is 12.5. The number of anilines is 1. The van der Waals surface area contributed by atoms with Gasteiger partial charge in [-0.05, 0) is 55.7 Å². The predicted octanol–water partition coefficient (Wildman–Crippen LogP) is 1.87. The van der Waals surface area contributed by atoms with Gasteiger partial charge in [0.2, 0.25) is 0 Å². The van der Waals surface area contributed by atoms with Crippen LogP contribution in [0.2, 0.25) is 0 Å². The first-order chi connectivity index (χ1) is 12.7. The minimum Gasteiger partial charge on any atom is -0.347 e. The van der Waals surface area contributed by atoms with E-state index in [1.54, 1.807) is 0 Å². The Morgan fingerprint density at radius 3 is 2.41 bits per heavy atom. The summed E-state index contributed by atoms with van der Waals surface area (Å²) in [6.07, 6.45) is 1.78. The fraction of sp³-hybridized carbons (Fsp3) is 0.316. The number of pyridine rings is 1. The lowest BCUT2D eigenvalue weighted by atomic mass is 10.1. The van der Waals surface area contributed by atoms with Gasteiger partial charge >= 0.3 is 0 Å². The summed E-state index contributed by atoms with van der Waals surface area (Å²) in [6.45, 7) is 3.89. The third-order valence-corrected chi connectivity index (χ3v) is 6.07. The minimum absolute atomic E-state index is 0.0639. The maximum absolute atomic E-state index is 12.5. The number of rotatable bonds is 4. The second-order valence-electron chi connectivity index (χ2n) is 6.83. The van der Waals surface area contributed by atoms with E-state index in [0.717, 1.165) is 11.1 Å². The number of nitrogens with zero attached hydrogens (tertiary/aromatic N) is 1. The molecular formula is C19H21N3O4S. The average molecular weight is 387 g/mol. The molecule has 2 amide bonds. The summed E-state index contributed by atoms with van der Waals surface area (Å²) in [5.41, 5.74) is 3.12. The van der Waals surface area contributed by atoms with Gasteiger partial charge in [-0.25, -0.2) is 8.42 Å². The van der Waals surface area contributed by atoms with E-state index in [4.69, 9.17) is 0 Å². The van der Waals surface area contributed by atoms with Crippen LogP contribution in [0, 0.1) is 13.8 Å². The molecule has 0 radical (unpaired) electrons. The number of nitrogens with one attached hydrogen (secondary N) is 2. The molecule has 1 aliphatic heterocycles. The number of hydrogen-bond donors (Lipinski definition) is 2. The van der Waals surface area contributed by atoms with Crippen molar-refractivity contribution in [3.8, 4) is 0 Å². The monoisotopic (exact) mass is 387 g/mol. The predicted molar refractivity (Wildman–Crippen MR) is 103 cm³/mol. The Labute approximate surface area is 158 Å². The van der Waals surface area contributed by atoms with E-state index in [-0.39, 0.29) is 23.1 Å². The van der Waals surface area contributed by atoms with Crippen LogP contribution in [-0.4, -0.2) is 42.8 Å². The Morgan fingerprint density at radius 1 is 1.07 bits per heavy atom. The molecule has 1 aromatic carbocycles. The smallest absolute Gasteiger partial charge is 0.270 e. The largest absolute Gasteiger partial charge is 0.347 e. The lowest BCUT2D eigenvalue weighted by molar-refractivity contribution is 0.0936. The molecule has 1 aliphatic rings. The molecule has 1 atom stereocenters. The molecule has 0 aliphatic carbocycles. The zero-order valence-corrected chi connectivity index (χ0v) is 16.0. The molecule has 2 heterocycles. The molecule has 1 saturated heterocycles. The molecule has 1 unspecified atom stereocenters. The molecule has 8 heteroatoms. The Bertz CT molecular complexity index is 982. The summed E-state index contributed by atoms with van der Waals surface area (Å²) in [5.74, 6) is -0.826. The van der Waals surface area contributed by atoms with E-state index in [0.29, 0.717) is 17.7 Å². The molecule has 3 rings (SSSR count). The molecule has 0 spiro atoms. The number of aromatic nitrogens is 1. The highest BCUT2D eigenvalue weighted by Crippen LogP contribution is 2.16. The van der Waals surface area contributed by atoms with E-state index in [1.165, 1.54) is 18.3 Å². The fourth-order valence-electron chi connectivity index (χ4n) is 3.11. The molecule has 142 valence electrons. The van der Waals surface area contributed by atoms with E-state index in [2.05, 4.69) is 15.6 Å². The fourth-order valence-corrected chi connectivity index (χ4v) is 4.79. The van der Waals surface area contributed by atoms with Crippen LogP contribution in [0.5, 0.6) is 0 Å². The van der Waals surface area contributed by atoms with Gasteiger partial charge in [0.25, 0.3) is 11.8 Å². The second kappa shape index (κ2) is 7.48. The first kappa shape index (κ1) is 19.0. The van der Waals surface area contributed by atoms with E-state index >= 15 is 0 Å². The normalized spacial score (nSPS) is 18.1. The van der Waals surface area contributed by atoms with Crippen molar-refractivity contribution in [2.24, 2.45) is 0 Å². The third-order valence-electron chi connectivity index (χ3n) is 4.30. The van der Waals surface area contributed by atoms with E-state index in [1.807, 2.05) is 32.0 Å². The van der Waals surface area contributed by atoms with Gasteiger partial charge in [0.05, 0.1) is 11.5 Å². The first-order valence-corrected chi connectivity index (χ1v) is 10.4. The van der Waals surface area contributed by atoms with Gasteiger partial charge in [-0.3, -0.25) is 14.6 Å². The molecule has 2 N–H and O–H groups in total. The van der Waals surface area contributed by atoms with Crippen molar-refractivity contribution in [1.82, 2.24) is 10.3 Å². The Balaban J connectivity index is 1.71. The van der Waals surface area contributed by atoms with Crippen LogP contribution in [-0.2, 0) is 9.84 Å². The standard InChI is InChI=1S/C19H21N3O4S/c1-12-7-13(2)9-16(8-12)22-18(23)14-3-5-20-17(10-14)19(24)21-15-4-6-27(25,26)11-15/h3,5,7-10,15H,4,6,11H2,1-2H3,(H,21,24)(H,22,23). The zero-order chi connectivity index (χ0) is 19.6. The summed E-state index contributed by atoms with van der Waals surface area (Å²) in [6, 6.07) is 8.23. The topological polar surface area (TPSA) is 105 Å². The van der Waals surface area contributed by atoms with Gasteiger partial charge in [0.15, 0.2) is 9.84 Å². The van der Waals surface area contributed by atoms with Crippen molar-refractivity contribution < 1.29 is 18.0 Å². The van der Waals surface area contributed by atoms with Crippen LogP contribution in [0.3, 0.4) is 0 Å². The van der Waals surface area contributed by atoms with Crippen LogP contribution >= 0.6 is 0 Å². The molecule has 2 aromatic rings. The second-order valence-corrected chi connectivity index (χ2v) is 9.06. The number of sulfone groups is 1. The van der Waals surface area contributed by atoms with Crippen LogP contribution in [0.1, 0.15) is 38.4 Å². The van der Waals surface area contributed by atoms with Gasteiger partial charge in [-0.1, -0.05) is 6.07 Å². The van der Waals surface area contributed by atoms with Crippen molar-refractivity contribution >= 4 is 27.3 Å². The van der Waals surface area contributed by atoms with Crippen LogP contribution in [0.25, 0.3) is 0 Å². The van der Waals surface area contributed by atoms with Crippen LogP contribution < -0.4 is 10.6 Å². The Kier molecular flexibility index (Phi) is 5.27. The van der Waals surface area contributed by atoms with Gasteiger partial charge in [0.1, 0.15) is 5.69 Å². The molecule has 1 aromatic heterocycles. The zero-order valence-electron chi connectivity index (χ0n) is 15.2. The van der Waals surface area contributed by atoms with Crippen LogP contribution in [0.15, 0.2) is 36.5 Å². The van der Waals surface area contributed by atoms with Crippen molar-refractivity contribution in [3.63, 3.8) is 0 Å². The lowest BCUT2D eigenvalue weighted by Crippen LogP contribution is -2.36. The minimum atomic E-state index is -3.09. The summed E-state index contributed by atoms with van der Waals surface area (Å²) in [7, 11) is -3.09. The number of carbonyl (C=O) groups is 2. The molecular weight excluding hydrogens is 366 g/mol. The van der Waals surface area contributed by atoms with Crippen LogP contribution in [0.4, 0.5) is 5.69 Å². The molecule has 0 bridgehead atoms. The van der Waals surface area contributed by atoms with E-state index < -0.39 is 21.8 Å². The lowest BCUT2D eigenvalue weighted by Gasteiger charge is -2.11. The van der Waals surface area contributed by atoms with Gasteiger partial charge in [-0.2, -0.15) is 0 Å². The number of aryl methyl sites for hydroxylation is 2. The highest BCUT2D eigenvalue weighted by atomic mass is 32.2. The molecule has 1 fully saturated rings. The van der Waals surface area contributed by atoms with Gasteiger partial charge in [0, 0.05) is 23.5 Å². The van der Waals surface area contributed by atoms with E-state index in [9.17, 15) is 18.0 Å². The summed E-state index contributed by atoms with van der Waals surface area (Å²) < 4.78 is 23.0. The highest BCUT2D eigenvalue weighted by molar-refractivity contribution is 7.91. The summed E-state index contributed by atoms with van der Waals surface area (Å²) in [4.78, 5) is 28.8. The SMILES string of the molecule is Cc1cc(C)cc(NC(=O)c2ccnc(C(=O)NC3CCS(=O)(=O)C3)c2)c1.